The minimum absolute atomic E-state index is 0.0108. The van der Waals surface area contributed by atoms with Crippen LogP contribution in [0.5, 0.6) is 5.75 Å². The molecule has 0 aliphatic carbocycles. The average Bonchev–Trinajstić information content (AvgIpc) is 3.01. The van der Waals surface area contributed by atoms with Crippen LogP contribution < -0.4 is 0 Å². The van der Waals surface area contributed by atoms with E-state index in [1.807, 2.05) is 0 Å². The van der Waals surface area contributed by atoms with Crippen LogP contribution in [0.2, 0.25) is 15.1 Å². The first-order chi connectivity index (χ1) is 11.7. The van der Waals surface area contributed by atoms with Gasteiger partial charge in [0, 0.05) is 5.56 Å². The molecular weight excluding hydrogens is 418 g/mol. The molecule has 0 spiro atoms. The number of hydrogen-bond acceptors (Lipinski definition) is 6. The summed E-state index contributed by atoms with van der Waals surface area (Å²) in [5, 5.41) is 17.2. The van der Waals surface area contributed by atoms with Crippen LogP contribution in [0, 0.1) is 0 Å². The monoisotopic (exact) mass is 422 g/mol. The minimum atomic E-state index is -4.92. The molecule has 0 unspecified atom stereocenters. The molecular formula is C14H6Cl3FN2O4S. The predicted octanol–water partition coefficient (Wildman–Crippen LogP) is 4.73. The lowest BCUT2D eigenvalue weighted by molar-refractivity contribution is 0.476. The molecule has 1 N–H and O–H groups in total. The molecule has 0 radical (unpaired) electrons. The summed E-state index contributed by atoms with van der Waals surface area (Å²) in [7, 11) is -4.92. The zero-order valence-electron chi connectivity index (χ0n) is 11.9. The summed E-state index contributed by atoms with van der Waals surface area (Å²) in [6, 6.07) is 5.89. The minimum Gasteiger partial charge on any atom is -0.505 e. The third-order valence-corrected chi connectivity index (χ3v) is 4.86. The molecule has 0 saturated heterocycles. The van der Waals surface area contributed by atoms with Crippen LogP contribution in [0.1, 0.15) is 0 Å². The van der Waals surface area contributed by atoms with Crippen LogP contribution in [0.3, 0.4) is 0 Å². The summed E-state index contributed by atoms with van der Waals surface area (Å²) in [6.07, 6.45) is 0. The van der Waals surface area contributed by atoms with Crippen molar-refractivity contribution in [2.75, 3.05) is 0 Å². The van der Waals surface area contributed by atoms with E-state index in [9.17, 15) is 17.4 Å². The van der Waals surface area contributed by atoms with Crippen molar-refractivity contribution in [3.05, 3.63) is 45.4 Å². The van der Waals surface area contributed by atoms with Crippen LogP contribution in [0.15, 0.2) is 39.6 Å². The van der Waals surface area contributed by atoms with Gasteiger partial charge < -0.3 is 9.52 Å². The number of phenolic OH excluding ortho intramolecular Hbond substituents is 1. The van der Waals surface area contributed by atoms with E-state index in [1.54, 1.807) is 0 Å². The lowest BCUT2D eigenvalue weighted by Crippen LogP contribution is -1.93. The van der Waals surface area contributed by atoms with Crippen LogP contribution in [-0.2, 0) is 10.2 Å². The predicted molar refractivity (Wildman–Crippen MR) is 90.2 cm³/mol. The molecule has 3 rings (SSSR count). The summed E-state index contributed by atoms with van der Waals surface area (Å²) in [6.45, 7) is 0. The molecule has 3 aromatic rings. The largest absolute Gasteiger partial charge is 0.505 e. The second-order valence-electron chi connectivity index (χ2n) is 4.78. The highest BCUT2D eigenvalue weighted by Crippen LogP contribution is 2.37. The molecule has 1 heterocycles. The van der Waals surface area contributed by atoms with Gasteiger partial charge in [-0.05, 0) is 30.3 Å². The van der Waals surface area contributed by atoms with E-state index in [4.69, 9.17) is 39.2 Å². The number of benzene rings is 2. The lowest BCUT2D eigenvalue weighted by atomic mass is 10.2. The molecule has 25 heavy (non-hydrogen) atoms. The van der Waals surface area contributed by atoms with Gasteiger partial charge >= 0.3 is 10.2 Å². The molecule has 0 saturated carbocycles. The number of phenols is 1. The molecule has 130 valence electrons. The van der Waals surface area contributed by atoms with Crippen molar-refractivity contribution in [1.29, 1.82) is 0 Å². The fraction of sp³-hybridized carbons (Fsp3) is 0. The van der Waals surface area contributed by atoms with E-state index >= 15 is 0 Å². The van der Waals surface area contributed by atoms with Gasteiger partial charge in [0.05, 0.1) is 25.5 Å². The van der Waals surface area contributed by atoms with Crippen molar-refractivity contribution >= 4 is 45.0 Å². The van der Waals surface area contributed by atoms with Crippen LogP contribution in [0.4, 0.5) is 3.89 Å². The summed E-state index contributed by atoms with van der Waals surface area (Å²) in [5.74, 6) is -0.440. The molecule has 6 nitrogen and oxygen atoms in total. The Morgan fingerprint density at radius 2 is 1.56 bits per heavy atom. The van der Waals surface area contributed by atoms with E-state index in [0.29, 0.717) is 5.56 Å². The first-order valence-electron chi connectivity index (χ1n) is 6.43. The van der Waals surface area contributed by atoms with Gasteiger partial charge in [-0.3, -0.25) is 0 Å². The summed E-state index contributed by atoms with van der Waals surface area (Å²) < 4.78 is 40.6. The van der Waals surface area contributed by atoms with Crippen molar-refractivity contribution in [3.8, 4) is 28.7 Å². The molecule has 1 aromatic heterocycles. The van der Waals surface area contributed by atoms with Gasteiger partial charge in [-0.2, -0.15) is 8.42 Å². The fourth-order valence-corrected chi connectivity index (χ4v) is 3.13. The Kier molecular flexibility index (Phi) is 4.63. The van der Waals surface area contributed by atoms with Crippen LogP contribution >= 0.6 is 34.8 Å². The van der Waals surface area contributed by atoms with Crippen molar-refractivity contribution in [2.45, 2.75) is 4.90 Å². The van der Waals surface area contributed by atoms with Crippen molar-refractivity contribution in [1.82, 2.24) is 10.2 Å². The Morgan fingerprint density at radius 1 is 0.960 bits per heavy atom. The van der Waals surface area contributed by atoms with Crippen LogP contribution in [0.25, 0.3) is 22.9 Å². The number of halogens is 4. The number of rotatable bonds is 3. The average molecular weight is 424 g/mol. The summed E-state index contributed by atoms with van der Waals surface area (Å²) in [5.41, 5.74) is 0.354. The fourth-order valence-electron chi connectivity index (χ4n) is 1.96. The Balaban J connectivity index is 2.08. The topological polar surface area (TPSA) is 93.3 Å². The number of hydrogen-bond donors (Lipinski definition) is 1. The van der Waals surface area contributed by atoms with E-state index < -0.39 is 15.1 Å². The summed E-state index contributed by atoms with van der Waals surface area (Å²) >= 11 is 17.7. The smallest absolute Gasteiger partial charge is 0.332 e. The van der Waals surface area contributed by atoms with E-state index in [1.165, 1.54) is 18.2 Å². The van der Waals surface area contributed by atoms with Crippen LogP contribution in [-0.4, -0.2) is 23.7 Å². The van der Waals surface area contributed by atoms with Gasteiger partial charge in [-0.25, -0.2) is 0 Å². The molecule has 0 atom stereocenters. The second kappa shape index (κ2) is 6.45. The second-order valence-corrected chi connectivity index (χ2v) is 7.35. The highest BCUT2D eigenvalue weighted by molar-refractivity contribution is 7.86. The van der Waals surface area contributed by atoms with Crippen molar-refractivity contribution in [3.63, 3.8) is 0 Å². The first kappa shape index (κ1) is 17.9. The van der Waals surface area contributed by atoms with Gasteiger partial charge in [-0.1, -0.05) is 34.8 Å². The quantitative estimate of drug-likeness (QED) is 0.612. The Bertz CT molecular complexity index is 1060. The zero-order chi connectivity index (χ0) is 18.4. The molecule has 0 aliphatic heterocycles. The van der Waals surface area contributed by atoms with Gasteiger partial charge in [0.1, 0.15) is 0 Å². The van der Waals surface area contributed by atoms with Gasteiger partial charge in [-0.15, -0.1) is 14.1 Å². The van der Waals surface area contributed by atoms with E-state index in [0.717, 1.165) is 12.1 Å². The molecule has 0 fully saturated rings. The molecule has 0 aliphatic rings. The standard InChI is InChI=1S/C14H6Cl3FN2O4S/c15-9-2-1-7(25(18,22)23)5-8(9)14-20-19-13(24-14)6-3-10(16)12(21)11(17)4-6/h1-5,21H. The van der Waals surface area contributed by atoms with Crippen molar-refractivity contribution in [2.24, 2.45) is 0 Å². The number of aromatic hydroxyl groups is 1. The maximum Gasteiger partial charge on any atom is 0.332 e. The molecule has 11 heteroatoms. The van der Waals surface area contributed by atoms with Gasteiger partial charge in [0.2, 0.25) is 11.8 Å². The summed E-state index contributed by atoms with van der Waals surface area (Å²) in [4.78, 5) is -0.595. The van der Waals surface area contributed by atoms with E-state index in [2.05, 4.69) is 10.2 Å². The normalized spacial score (nSPS) is 11.7. The number of aromatic nitrogens is 2. The highest BCUT2D eigenvalue weighted by atomic mass is 35.5. The lowest BCUT2D eigenvalue weighted by Gasteiger charge is -2.02. The highest BCUT2D eigenvalue weighted by Gasteiger charge is 2.19. The Labute approximate surface area is 156 Å². The van der Waals surface area contributed by atoms with E-state index in [-0.39, 0.29) is 38.2 Å². The zero-order valence-corrected chi connectivity index (χ0v) is 15.0. The third kappa shape index (κ3) is 3.57. The van der Waals surface area contributed by atoms with Crippen molar-refractivity contribution < 1.29 is 21.8 Å². The first-order valence-corrected chi connectivity index (χ1v) is 8.95. The molecule has 0 bridgehead atoms. The Morgan fingerprint density at radius 3 is 2.16 bits per heavy atom. The molecule has 2 aromatic carbocycles. The third-order valence-electron chi connectivity index (χ3n) is 3.14. The Hall–Kier alpha value is -1.87. The SMILES string of the molecule is O=S(=O)(F)c1ccc(Cl)c(-c2nnc(-c3cc(Cl)c(O)c(Cl)c3)o2)c1. The maximum atomic E-state index is 13.2. The van der Waals surface area contributed by atoms with Gasteiger partial charge in [0.15, 0.2) is 5.75 Å². The number of nitrogens with zero attached hydrogens (tertiary/aromatic N) is 2. The molecule has 0 amide bonds. The van der Waals surface area contributed by atoms with Gasteiger partial charge in [0.25, 0.3) is 0 Å². The maximum absolute atomic E-state index is 13.2.